The summed E-state index contributed by atoms with van der Waals surface area (Å²) in [5, 5.41) is 49.0. The largest absolute Gasteiger partial charge is 0.478 e. The van der Waals surface area contributed by atoms with Crippen LogP contribution < -0.4 is 5.32 Å². The summed E-state index contributed by atoms with van der Waals surface area (Å²) in [4.78, 5) is 21.9. The van der Waals surface area contributed by atoms with Crippen molar-refractivity contribution in [1.82, 2.24) is 5.32 Å². The van der Waals surface area contributed by atoms with Gasteiger partial charge in [0.2, 0.25) is 11.7 Å². The summed E-state index contributed by atoms with van der Waals surface area (Å²) < 4.78 is 4.98. The van der Waals surface area contributed by atoms with Gasteiger partial charge >= 0.3 is 5.97 Å². The number of nitrogens with one attached hydrogen (secondary N) is 1. The summed E-state index contributed by atoms with van der Waals surface area (Å²) >= 11 is 0. The number of carboxylic acid groups (broad SMARTS) is 1. The summed E-state index contributed by atoms with van der Waals surface area (Å²) in [5.41, 5.74) is 0. The van der Waals surface area contributed by atoms with Gasteiger partial charge in [0.15, 0.2) is 6.10 Å². The molecule has 1 rings (SSSR count). The normalized spacial score (nSPS) is 28.9. The van der Waals surface area contributed by atoms with E-state index in [0.717, 1.165) is 13.0 Å². The maximum absolute atomic E-state index is 11.1. The zero-order valence-electron chi connectivity index (χ0n) is 10.6. The average Bonchev–Trinajstić information content (AvgIpc) is 2.38. The van der Waals surface area contributed by atoms with Gasteiger partial charge in [0, 0.05) is 6.92 Å². The zero-order valence-corrected chi connectivity index (χ0v) is 10.6. The van der Waals surface area contributed by atoms with Crippen LogP contribution in [0.2, 0.25) is 0 Å². The molecular weight excluding hydrogens is 274 g/mol. The molecular formula is C11H17NO8. The summed E-state index contributed by atoms with van der Waals surface area (Å²) in [7, 11) is 0. The Morgan fingerprint density at radius 1 is 1.45 bits per heavy atom. The van der Waals surface area contributed by atoms with Crippen LogP contribution in [0.15, 0.2) is 11.8 Å². The van der Waals surface area contributed by atoms with E-state index in [9.17, 15) is 24.9 Å². The first-order chi connectivity index (χ1) is 9.27. The molecule has 0 aromatic heterocycles. The molecule has 0 aromatic rings. The monoisotopic (exact) mass is 291 g/mol. The first kappa shape index (κ1) is 16.4. The summed E-state index contributed by atoms with van der Waals surface area (Å²) in [5.74, 6) is -2.63. The molecule has 0 fully saturated rings. The molecule has 1 aliphatic rings. The molecule has 20 heavy (non-hydrogen) atoms. The maximum atomic E-state index is 11.1. The minimum absolute atomic E-state index is 0.541. The van der Waals surface area contributed by atoms with E-state index in [1.54, 1.807) is 0 Å². The Balaban J connectivity index is 3.04. The van der Waals surface area contributed by atoms with Crippen molar-refractivity contribution in [3.8, 4) is 0 Å². The SMILES string of the molecule is CC(=O)N[C@@H]1[C@@H](O)C=C(C(=O)O)O[C@H]1C(O)C(O)CO. The van der Waals surface area contributed by atoms with Crippen molar-refractivity contribution in [2.24, 2.45) is 0 Å². The third kappa shape index (κ3) is 3.67. The van der Waals surface area contributed by atoms with E-state index in [1.807, 2.05) is 0 Å². The minimum atomic E-state index is -1.70. The molecule has 0 saturated carbocycles. The highest BCUT2D eigenvalue weighted by molar-refractivity contribution is 5.84. The van der Waals surface area contributed by atoms with Gasteiger partial charge < -0.3 is 35.6 Å². The van der Waals surface area contributed by atoms with Crippen molar-refractivity contribution in [2.75, 3.05) is 6.61 Å². The van der Waals surface area contributed by atoms with Gasteiger partial charge in [0.25, 0.3) is 0 Å². The van der Waals surface area contributed by atoms with E-state index in [2.05, 4.69) is 5.32 Å². The van der Waals surface area contributed by atoms with Crippen LogP contribution in [0.5, 0.6) is 0 Å². The molecule has 1 amide bonds. The lowest BCUT2D eigenvalue weighted by Crippen LogP contribution is -2.59. The predicted octanol–water partition coefficient (Wildman–Crippen LogP) is -3.07. The van der Waals surface area contributed by atoms with Gasteiger partial charge in [0.1, 0.15) is 18.3 Å². The van der Waals surface area contributed by atoms with Gasteiger partial charge in [-0.15, -0.1) is 0 Å². The molecule has 0 saturated heterocycles. The summed E-state index contributed by atoms with van der Waals surface area (Å²) in [6.45, 7) is 0.366. The third-order valence-corrected chi connectivity index (χ3v) is 2.81. The highest BCUT2D eigenvalue weighted by Gasteiger charge is 2.42. The Morgan fingerprint density at radius 3 is 2.50 bits per heavy atom. The zero-order chi connectivity index (χ0) is 15.4. The van der Waals surface area contributed by atoms with Gasteiger partial charge in [-0.3, -0.25) is 4.79 Å². The Morgan fingerprint density at radius 2 is 2.05 bits per heavy atom. The van der Waals surface area contributed by atoms with Crippen LogP contribution in [0.25, 0.3) is 0 Å². The number of aliphatic hydroxyl groups is 4. The Hall–Kier alpha value is -1.68. The number of carbonyl (C=O) groups excluding carboxylic acids is 1. The van der Waals surface area contributed by atoms with Crippen LogP contribution in [-0.4, -0.2) is 74.5 Å². The molecule has 0 radical (unpaired) electrons. The van der Waals surface area contributed by atoms with Crippen LogP contribution in [0, 0.1) is 0 Å². The van der Waals surface area contributed by atoms with E-state index in [4.69, 9.17) is 14.9 Å². The van der Waals surface area contributed by atoms with Gasteiger partial charge in [-0.05, 0) is 6.08 Å². The molecule has 1 aliphatic heterocycles. The summed E-state index contributed by atoms with van der Waals surface area (Å²) in [6.07, 6.45) is -5.29. The number of hydrogen-bond acceptors (Lipinski definition) is 7. The number of carbonyl (C=O) groups is 2. The molecule has 0 aromatic carbocycles. The molecule has 0 bridgehead atoms. The van der Waals surface area contributed by atoms with Crippen LogP contribution in [0.4, 0.5) is 0 Å². The van der Waals surface area contributed by atoms with Crippen molar-refractivity contribution in [3.05, 3.63) is 11.8 Å². The number of aliphatic carboxylic acids is 1. The molecule has 114 valence electrons. The lowest BCUT2D eigenvalue weighted by molar-refractivity contribution is -0.149. The van der Waals surface area contributed by atoms with Crippen molar-refractivity contribution >= 4 is 11.9 Å². The van der Waals surface area contributed by atoms with Crippen LogP contribution in [-0.2, 0) is 14.3 Å². The smallest absolute Gasteiger partial charge is 0.370 e. The molecule has 6 N–H and O–H groups in total. The second kappa shape index (κ2) is 6.66. The predicted molar refractivity (Wildman–Crippen MR) is 63.3 cm³/mol. The molecule has 0 spiro atoms. The lowest BCUT2D eigenvalue weighted by Gasteiger charge is -2.37. The first-order valence-corrected chi connectivity index (χ1v) is 5.81. The third-order valence-electron chi connectivity index (χ3n) is 2.81. The van der Waals surface area contributed by atoms with Crippen molar-refractivity contribution in [2.45, 2.75) is 37.4 Å². The Labute approximate surface area is 114 Å². The fourth-order valence-electron chi connectivity index (χ4n) is 1.85. The van der Waals surface area contributed by atoms with Crippen molar-refractivity contribution < 1.29 is 39.9 Å². The second-order valence-corrected chi connectivity index (χ2v) is 4.38. The topological polar surface area (TPSA) is 157 Å². The lowest BCUT2D eigenvalue weighted by atomic mass is 9.94. The standard InChI is InChI=1S/C11H17NO8/c1-4(14)12-8-5(15)2-7(11(18)19)20-10(8)9(17)6(16)3-13/h2,5-6,8-10,13,15-17H,3H2,1H3,(H,12,14)(H,18,19)/t5-,6?,8+,9?,10+/m0/s1. The number of hydrogen-bond donors (Lipinski definition) is 6. The van der Waals surface area contributed by atoms with E-state index in [0.29, 0.717) is 0 Å². The average molecular weight is 291 g/mol. The fraction of sp³-hybridized carbons (Fsp3) is 0.636. The number of amides is 1. The van der Waals surface area contributed by atoms with Gasteiger partial charge in [-0.1, -0.05) is 0 Å². The van der Waals surface area contributed by atoms with Crippen LogP contribution in [0.3, 0.4) is 0 Å². The van der Waals surface area contributed by atoms with Gasteiger partial charge in [0.05, 0.1) is 12.6 Å². The van der Waals surface area contributed by atoms with E-state index < -0.39 is 54.7 Å². The first-order valence-electron chi connectivity index (χ1n) is 5.81. The van der Waals surface area contributed by atoms with Gasteiger partial charge in [-0.25, -0.2) is 4.79 Å². The van der Waals surface area contributed by atoms with Crippen LogP contribution >= 0.6 is 0 Å². The van der Waals surface area contributed by atoms with Crippen molar-refractivity contribution in [3.63, 3.8) is 0 Å². The fourth-order valence-corrected chi connectivity index (χ4v) is 1.85. The Kier molecular flexibility index (Phi) is 5.45. The molecule has 2 unspecified atom stereocenters. The molecule has 9 heteroatoms. The molecule has 9 nitrogen and oxygen atoms in total. The van der Waals surface area contributed by atoms with Crippen molar-refractivity contribution in [1.29, 1.82) is 0 Å². The minimum Gasteiger partial charge on any atom is -0.478 e. The second-order valence-electron chi connectivity index (χ2n) is 4.38. The van der Waals surface area contributed by atoms with Crippen LogP contribution in [0.1, 0.15) is 6.92 Å². The number of carboxylic acids is 1. The van der Waals surface area contributed by atoms with E-state index in [-0.39, 0.29) is 0 Å². The molecule has 1 heterocycles. The number of aliphatic hydroxyl groups excluding tert-OH is 4. The van der Waals surface area contributed by atoms with Gasteiger partial charge in [-0.2, -0.15) is 0 Å². The highest BCUT2D eigenvalue weighted by Crippen LogP contribution is 2.22. The van der Waals surface area contributed by atoms with E-state index >= 15 is 0 Å². The van der Waals surface area contributed by atoms with E-state index in [1.165, 1.54) is 0 Å². The maximum Gasteiger partial charge on any atom is 0.370 e. The number of ether oxygens (including phenoxy) is 1. The summed E-state index contributed by atoms with van der Waals surface area (Å²) in [6, 6.07) is -1.16. The molecule has 5 atom stereocenters. The molecule has 0 aliphatic carbocycles. The Bertz CT molecular complexity index is 409. The number of rotatable bonds is 5. The highest BCUT2D eigenvalue weighted by atomic mass is 16.5. The quantitative estimate of drug-likeness (QED) is 0.311.